The highest BCUT2D eigenvalue weighted by atomic mass is 16.4. The zero-order chi connectivity index (χ0) is 20.2. The summed E-state index contributed by atoms with van der Waals surface area (Å²) in [7, 11) is 0. The highest BCUT2D eigenvalue weighted by molar-refractivity contribution is 6.29. The molecule has 8 heteroatoms. The van der Waals surface area contributed by atoms with Gasteiger partial charge in [0.15, 0.2) is 11.5 Å². The first kappa shape index (κ1) is 18.2. The number of hydrogen-bond donors (Lipinski definition) is 2. The average molecular weight is 388 g/mol. The minimum atomic E-state index is -0.489. The van der Waals surface area contributed by atoms with Crippen molar-refractivity contribution in [3.05, 3.63) is 72.2 Å². The number of nitrogens with one attached hydrogen (secondary N) is 2. The molecular weight excluding hydrogens is 372 g/mol. The fourth-order valence-electron chi connectivity index (χ4n) is 2.65. The first-order chi connectivity index (χ1) is 14.1. The van der Waals surface area contributed by atoms with Gasteiger partial charge in [-0.1, -0.05) is 36.4 Å². The molecule has 4 rings (SSSR count). The Balaban J connectivity index is 1.34. The Labute approximate surface area is 164 Å². The van der Waals surface area contributed by atoms with E-state index in [9.17, 15) is 9.59 Å². The second kappa shape index (κ2) is 7.81. The molecule has 29 heavy (non-hydrogen) atoms. The maximum Gasteiger partial charge on any atom is 0.307 e. The fraction of sp³-hybridized carbons (Fsp3) is 0.0476. The standard InChI is InChI=1S/C21H16N4O4/c1-13(23-25-21(27)19-11-15-7-3-5-9-17(15)29-19)12-22-24-20(26)18-10-14-6-2-4-8-16(14)28-18/h2-12H,1H3,(H,24,26)(H,25,27)/b22-12+,23-13+. The summed E-state index contributed by atoms with van der Waals surface area (Å²) in [4.78, 5) is 24.2. The number of benzene rings is 2. The molecule has 0 aliphatic heterocycles. The van der Waals surface area contributed by atoms with Gasteiger partial charge in [-0.05, 0) is 31.2 Å². The van der Waals surface area contributed by atoms with Crippen molar-refractivity contribution in [2.45, 2.75) is 6.92 Å². The van der Waals surface area contributed by atoms with Crippen LogP contribution in [0.4, 0.5) is 0 Å². The van der Waals surface area contributed by atoms with Crippen LogP contribution < -0.4 is 10.9 Å². The Morgan fingerprint density at radius 3 is 1.90 bits per heavy atom. The Morgan fingerprint density at radius 2 is 1.34 bits per heavy atom. The van der Waals surface area contributed by atoms with E-state index in [1.165, 1.54) is 6.21 Å². The Morgan fingerprint density at radius 1 is 0.828 bits per heavy atom. The van der Waals surface area contributed by atoms with E-state index in [1.54, 1.807) is 31.2 Å². The van der Waals surface area contributed by atoms with Gasteiger partial charge < -0.3 is 8.83 Å². The summed E-state index contributed by atoms with van der Waals surface area (Å²) < 4.78 is 10.9. The molecular formula is C21H16N4O4. The monoisotopic (exact) mass is 388 g/mol. The van der Waals surface area contributed by atoms with E-state index >= 15 is 0 Å². The number of para-hydroxylation sites is 2. The molecule has 4 aromatic rings. The number of furan rings is 2. The van der Waals surface area contributed by atoms with Crippen LogP contribution in [0.2, 0.25) is 0 Å². The van der Waals surface area contributed by atoms with Crippen LogP contribution >= 0.6 is 0 Å². The Hall–Kier alpha value is -4.20. The van der Waals surface area contributed by atoms with Crippen LogP contribution in [-0.4, -0.2) is 23.7 Å². The SMILES string of the molecule is CC(/C=N/NC(=O)c1cc2ccccc2o1)=N\NC(=O)c1cc2ccccc2o1. The van der Waals surface area contributed by atoms with E-state index in [-0.39, 0.29) is 11.5 Å². The van der Waals surface area contributed by atoms with Gasteiger partial charge in [0.1, 0.15) is 11.2 Å². The van der Waals surface area contributed by atoms with Crippen molar-refractivity contribution in [2.24, 2.45) is 10.2 Å². The van der Waals surface area contributed by atoms with E-state index in [2.05, 4.69) is 21.1 Å². The van der Waals surface area contributed by atoms with Crippen LogP contribution in [0.15, 0.2) is 79.7 Å². The molecule has 0 aliphatic carbocycles. The van der Waals surface area contributed by atoms with E-state index in [1.807, 2.05) is 36.4 Å². The molecule has 144 valence electrons. The molecule has 0 saturated carbocycles. The molecule has 2 aromatic heterocycles. The summed E-state index contributed by atoms with van der Waals surface area (Å²) in [6.45, 7) is 1.62. The third kappa shape index (κ3) is 4.06. The van der Waals surface area contributed by atoms with Crippen LogP contribution in [0.1, 0.15) is 28.0 Å². The van der Waals surface area contributed by atoms with Gasteiger partial charge in [0.2, 0.25) is 0 Å². The van der Waals surface area contributed by atoms with Gasteiger partial charge in [-0.2, -0.15) is 10.2 Å². The lowest BCUT2D eigenvalue weighted by Crippen LogP contribution is -2.20. The summed E-state index contributed by atoms with van der Waals surface area (Å²) in [5, 5.41) is 9.37. The summed E-state index contributed by atoms with van der Waals surface area (Å²) >= 11 is 0. The Kier molecular flexibility index (Phi) is 4.90. The molecule has 8 nitrogen and oxygen atoms in total. The van der Waals surface area contributed by atoms with Crippen LogP contribution in [-0.2, 0) is 0 Å². The van der Waals surface area contributed by atoms with Gasteiger partial charge in [0.25, 0.3) is 0 Å². The lowest BCUT2D eigenvalue weighted by Gasteiger charge is -1.97. The minimum absolute atomic E-state index is 0.149. The number of nitrogens with zero attached hydrogens (tertiary/aromatic N) is 2. The smallest absolute Gasteiger partial charge is 0.307 e. The van der Waals surface area contributed by atoms with Crippen molar-refractivity contribution in [3.63, 3.8) is 0 Å². The third-order valence-corrected chi connectivity index (χ3v) is 4.05. The van der Waals surface area contributed by atoms with E-state index in [4.69, 9.17) is 8.83 Å². The number of hydrogen-bond acceptors (Lipinski definition) is 6. The second-order valence-electron chi connectivity index (χ2n) is 6.19. The van der Waals surface area contributed by atoms with Crippen molar-refractivity contribution < 1.29 is 18.4 Å². The molecule has 0 bridgehead atoms. The highest BCUT2D eigenvalue weighted by Gasteiger charge is 2.12. The maximum atomic E-state index is 12.1. The predicted octanol–water partition coefficient (Wildman–Crippen LogP) is 3.70. The zero-order valence-corrected chi connectivity index (χ0v) is 15.4. The number of rotatable bonds is 5. The zero-order valence-electron chi connectivity index (χ0n) is 15.4. The molecule has 0 saturated heterocycles. The van der Waals surface area contributed by atoms with Crippen molar-refractivity contribution >= 4 is 45.7 Å². The van der Waals surface area contributed by atoms with Gasteiger partial charge >= 0.3 is 11.8 Å². The molecule has 0 radical (unpaired) electrons. The highest BCUT2D eigenvalue weighted by Crippen LogP contribution is 2.19. The van der Waals surface area contributed by atoms with Crippen molar-refractivity contribution in [1.82, 2.24) is 10.9 Å². The van der Waals surface area contributed by atoms with E-state index in [0.717, 1.165) is 10.8 Å². The lowest BCUT2D eigenvalue weighted by molar-refractivity contribution is 0.0922. The quantitative estimate of drug-likeness (QED) is 0.401. The van der Waals surface area contributed by atoms with Gasteiger partial charge in [0, 0.05) is 10.8 Å². The molecule has 2 aromatic carbocycles. The van der Waals surface area contributed by atoms with Crippen LogP contribution in [0, 0.1) is 0 Å². The largest absolute Gasteiger partial charge is 0.451 e. The topological polar surface area (TPSA) is 109 Å². The molecule has 0 spiro atoms. The van der Waals surface area contributed by atoms with Crippen molar-refractivity contribution in [2.75, 3.05) is 0 Å². The minimum Gasteiger partial charge on any atom is -0.451 e. The van der Waals surface area contributed by atoms with Gasteiger partial charge in [-0.25, -0.2) is 10.9 Å². The van der Waals surface area contributed by atoms with Crippen molar-refractivity contribution in [1.29, 1.82) is 0 Å². The van der Waals surface area contributed by atoms with E-state index < -0.39 is 11.8 Å². The summed E-state index contributed by atoms with van der Waals surface area (Å²) in [6.07, 6.45) is 1.31. The van der Waals surface area contributed by atoms with Crippen molar-refractivity contribution in [3.8, 4) is 0 Å². The summed E-state index contributed by atoms with van der Waals surface area (Å²) in [5.41, 5.74) is 6.34. The van der Waals surface area contributed by atoms with Crippen LogP contribution in [0.25, 0.3) is 21.9 Å². The number of amides is 2. The normalized spacial score (nSPS) is 12.0. The lowest BCUT2D eigenvalue weighted by atomic mass is 10.2. The maximum absolute atomic E-state index is 12.1. The fourth-order valence-corrected chi connectivity index (χ4v) is 2.65. The second-order valence-corrected chi connectivity index (χ2v) is 6.19. The molecule has 0 aliphatic rings. The number of hydrazone groups is 2. The average Bonchev–Trinajstić information content (AvgIpc) is 3.36. The molecule has 0 fully saturated rings. The Bertz CT molecular complexity index is 1200. The first-order valence-corrected chi connectivity index (χ1v) is 8.75. The van der Waals surface area contributed by atoms with Gasteiger partial charge in [-0.3, -0.25) is 9.59 Å². The van der Waals surface area contributed by atoms with Crippen LogP contribution in [0.3, 0.4) is 0 Å². The molecule has 0 atom stereocenters. The number of carbonyl (C=O) groups excluding carboxylic acids is 2. The predicted molar refractivity (Wildman–Crippen MR) is 109 cm³/mol. The molecule has 2 heterocycles. The van der Waals surface area contributed by atoms with Gasteiger partial charge in [0.05, 0.1) is 11.9 Å². The van der Waals surface area contributed by atoms with E-state index in [0.29, 0.717) is 16.9 Å². The number of fused-ring (bicyclic) bond motifs is 2. The molecule has 0 unspecified atom stereocenters. The molecule has 2 amide bonds. The van der Waals surface area contributed by atoms with Crippen LogP contribution in [0.5, 0.6) is 0 Å². The summed E-state index contributed by atoms with van der Waals surface area (Å²) in [6, 6.07) is 17.9. The molecule has 2 N–H and O–H groups in total. The van der Waals surface area contributed by atoms with Gasteiger partial charge in [-0.15, -0.1) is 0 Å². The number of carbonyl (C=O) groups is 2. The first-order valence-electron chi connectivity index (χ1n) is 8.75. The third-order valence-electron chi connectivity index (χ3n) is 4.05. The summed E-state index contributed by atoms with van der Waals surface area (Å²) in [5.74, 6) is -0.675.